The molecule has 1 aromatic carbocycles. The van der Waals surface area contributed by atoms with E-state index in [4.69, 9.17) is 19.9 Å². The molecule has 0 spiro atoms. The highest BCUT2D eigenvalue weighted by Gasteiger charge is 2.20. The van der Waals surface area contributed by atoms with Gasteiger partial charge in [0.05, 0.1) is 31.7 Å². The Bertz CT molecular complexity index is 593. The highest BCUT2D eigenvalue weighted by Crippen LogP contribution is 2.36. The number of nitrogen functional groups attached to an aromatic ring is 1. The number of morpholine rings is 1. The third-order valence-electron chi connectivity index (χ3n) is 4.17. The lowest BCUT2D eigenvalue weighted by Gasteiger charge is -2.26. The number of nitrogens with zero attached hydrogens (tertiary/aromatic N) is 1. The van der Waals surface area contributed by atoms with Crippen LogP contribution < -0.4 is 15.8 Å². The normalized spacial score (nSPS) is 15.7. The van der Waals surface area contributed by atoms with Gasteiger partial charge in [0.25, 0.3) is 0 Å². The van der Waals surface area contributed by atoms with Crippen LogP contribution in [-0.2, 0) is 14.9 Å². The summed E-state index contributed by atoms with van der Waals surface area (Å²) < 4.78 is 15.9. The second kappa shape index (κ2) is 8.40. The highest BCUT2D eigenvalue weighted by molar-refractivity contribution is 5.89. The van der Waals surface area contributed by atoms with Gasteiger partial charge >= 0.3 is 6.09 Å². The fraction of sp³-hybridized carbons (Fsp3) is 0.611. The van der Waals surface area contributed by atoms with Crippen LogP contribution in [0.15, 0.2) is 12.1 Å². The molecule has 2 rings (SSSR count). The van der Waals surface area contributed by atoms with E-state index in [1.165, 1.54) is 7.11 Å². The molecule has 1 heterocycles. The number of amides is 1. The average molecular weight is 351 g/mol. The third-order valence-corrected chi connectivity index (χ3v) is 4.17. The predicted octanol–water partition coefficient (Wildman–Crippen LogP) is 2.46. The van der Waals surface area contributed by atoms with Crippen molar-refractivity contribution < 1.29 is 19.0 Å². The Labute approximate surface area is 149 Å². The lowest BCUT2D eigenvalue weighted by molar-refractivity contribution is 0.0290. The molecule has 1 aliphatic rings. The van der Waals surface area contributed by atoms with Crippen molar-refractivity contribution in [2.24, 2.45) is 0 Å². The molecular formula is C18H29N3O4. The van der Waals surface area contributed by atoms with Crippen LogP contribution >= 0.6 is 0 Å². The average Bonchev–Trinajstić information content (AvgIpc) is 2.54. The van der Waals surface area contributed by atoms with Gasteiger partial charge in [0.1, 0.15) is 6.61 Å². The summed E-state index contributed by atoms with van der Waals surface area (Å²) in [7, 11) is 1.53. The molecule has 0 atom stereocenters. The molecule has 1 amide bonds. The SMILES string of the molecule is COc1c(N)cc(C(C)(C)C)cc1NC(=O)OCCN1CCOCC1. The van der Waals surface area contributed by atoms with Gasteiger partial charge in [-0.15, -0.1) is 0 Å². The number of nitrogens with two attached hydrogens (primary N) is 1. The standard InChI is InChI=1S/C18H29N3O4/c1-18(2,3)13-11-14(19)16(23-4)15(12-13)20-17(22)25-10-7-21-5-8-24-9-6-21/h11-12H,5-10,19H2,1-4H3,(H,20,22). The maximum atomic E-state index is 12.1. The van der Waals surface area contributed by atoms with Crippen molar-refractivity contribution >= 4 is 17.5 Å². The molecule has 0 aromatic heterocycles. The Kier molecular flexibility index (Phi) is 6.50. The van der Waals surface area contributed by atoms with E-state index in [1.54, 1.807) is 0 Å². The molecule has 25 heavy (non-hydrogen) atoms. The van der Waals surface area contributed by atoms with Gasteiger partial charge in [0, 0.05) is 19.6 Å². The fourth-order valence-corrected chi connectivity index (χ4v) is 2.64. The van der Waals surface area contributed by atoms with Gasteiger partial charge in [-0.05, 0) is 23.1 Å². The Hall–Kier alpha value is -1.99. The molecule has 1 saturated heterocycles. The lowest BCUT2D eigenvalue weighted by Crippen LogP contribution is -2.38. The second-order valence-electron chi connectivity index (χ2n) is 7.11. The van der Waals surface area contributed by atoms with Gasteiger partial charge in [0.15, 0.2) is 5.75 Å². The molecule has 0 bridgehead atoms. The van der Waals surface area contributed by atoms with Crippen LogP contribution in [0.4, 0.5) is 16.2 Å². The Balaban J connectivity index is 1.97. The van der Waals surface area contributed by atoms with E-state index in [0.717, 1.165) is 31.9 Å². The number of hydrogen-bond acceptors (Lipinski definition) is 6. The highest BCUT2D eigenvalue weighted by atomic mass is 16.5. The van der Waals surface area contributed by atoms with Crippen LogP contribution in [0.25, 0.3) is 0 Å². The van der Waals surface area contributed by atoms with Gasteiger partial charge in [-0.3, -0.25) is 10.2 Å². The fourth-order valence-electron chi connectivity index (χ4n) is 2.64. The molecule has 1 fully saturated rings. The van der Waals surface area contributed by atoms with Crippen LogP contribution in [0.3, 0.4) is 0 Å². The smallest absolute Gasteiger partial charge is 0.411 e. The monoisotopic (exact) mass is 351 g/mol. The maximum Gasteiger partial charge on any atom is 0.411 e. The summed E-state index contributed by atoms with van der Waals surface area (Å²) >= 11 is 0. The van der Waals surface area contributed by atoms with Crippen LogP contribution in [0, 0.1) is 0 Å². The molecule has 1 aromatic rings. The third kappa shape index (κ3) is 5.51. The Morgan fingerprint density at radius 1 is 1.32 bits per heavy atom. The number of ether oxygens (including phenoxy) is 3. The first-order chi connectivity index (χ1) is 11.8. The molecule has 7 nitrogen and oxygen atoms in total. The number of carbonyl (C=O) groups is 1. The maximum absolute atomic E-state index is 12.1. The van der Waals surface area contributed by atoms with E-state index >= 15 is 0 Å². The summed E-state index contributed by atoms with van der Waals surface area (Å²) in [5.74, 6) is 0.443. The molecule has 0 saturated carbocycles. The molecule has 3 N–H and O–H groups in total. The summed E-state index contributed by atoms with van der Waals surface area (Å²) in [6.45, 7) is 10.4. The summed E-state index contributed by atoms with van der Waals surface area (Å²) in [5, 5.41) is 2.74. The van der Waals surface area contributed by atoms with Crippen molar-refractivity contribution in [3.63, 3.8) is 0 Å². The molecule has 0 radical (unpaired) electrons. The Morgan fingerprint density at radius 3 is 2.60 bits per heavy atom. The zero-order valence-electron chi connectivity index (χ0n) is 15.6. The number of carbonyl (C=O) groups excluding carboxylic acids is 1. The summed E-state index contributed by atoms with van der Waals surface area (Å²) in [6.07, 6.45) is -0.517. The number of methoxy groups -OCH3 is 1. The number of rotatable bonds is 5. The van der Waals surface area contributed by atoms with Gasteiger partial charge in [-0.1, -0.05) is 20.8 Å². The van der Waals surface area contributed by atoms with Crippen LogP contribution in [0.2, 0.25) is 0 Å². The first kappa shape index (κ1) is 19.3. The van der Waals surface area contributed by atoms with Gasteiger partial charge in [-0.25, -0.2) is 4.79 Å². The summed E-state index contributed by atoms with van der Waals surface area (Å²) in [6, 6.07) is 3.74. The van der Waals surface area contributed by atoms with Crippen molar-refractivity contribution in [2.75, 3.05) is 57.6 Å². The van der Waals surface area contributed by atoms with Crippen molar-refractivity contribution in [3.05, 3.63) is 17.7 Å². The van der Waals surface area contributed by atoms with Gasteiger partial charge in [-0.2, -0.15) is 0 Å². The minimum absolute atomic E-state index is 0.100. The second-order valence-corrected chi connectivity index (χ2v) is 7.11. The van der Waals surface area contributed by atoms with Crippen molar-refractivity contribution in [1.29, 1.82) is 0 Å². The first-order valence-electron chi connectivity index (χ1n) is 8.53. The molecule has 0 unspecified atom stereocenters. The topological polar surface area (TPSA) is 86.0 Å². The van der Waals surface area contributed by atoms with E-state index in [-0.39, 0.29) is 5.41 Å². The van der Waals surface area contributed by atoms with Crippen molar-refractivity contribution in [1.82, 2.24) is 4.90 Å². The van der Waals surface area contributed by atoms with Crippen molar-refractivity contribution in [2.45, 2.75) is 26.2 Å². The molecule has 0 aliphatic carbocycles. The minimum Gasteiger partial charge on any atom is -0.492 e. The molecule has 7 heteroatoms. The zero-order valence-corrected chi connectivity index (χ0v) is 15.6. The van der Waals surface area contributed by atoms with E-state index < -0.39 is 6.09 Å². The van der Waals surface area contributed by atoms with Crippen LogP contribution in [0.1, 0.15) is 26.3 Å². The largest absolute Gasteiger partial charge is 0.492 e. The quantitative estimate of drug-likeness (QED) is 0.793. The molecule has 140 valence electrons. The molecule has 1 aliphatic heterocycles. The van der Waals surface area contributed by atoms with Crippen LogP contribution in [-0.4, -0.2) is 57.6 Å². The Morgan fingerprint density at radius 2 is 2.00 bits per heavy atom. The zero-order chi connectivity index (χ0) is 18.4. The first-order valence-corrected chi connectivity index (χ1v) is 8.53. The van der Waals surface area contributed by atoms with E-state index in [0.29, 0.717) is 30.3 Å². The number of hydrogen-bond donors (Lipinski definition) is 2. The van der Waals surface area contributed by atoms with Crippen LogP contribution in [0.5, 0.6) is 5.75 Å². The number of benzene rings is 1. The minimum atomic E-state index is -0.517. The van der Waals surface area contributed by atoms with E-state index in [9.17, 15) is 4.79 Å². The van der Waals surface area contributed by atoms with E-state index in [2.05, 4.69) is 31.0 Å². The predicted molar refractivity (Wildman–Crippen MR) is 98.3 cm³/mol. The summed E-state index contributed by atoms with van der Waals surface area (Å²) in [4.78, 5) is 14.3. The number of anilines is 2. The lowest BCUT2D eigenvalue weighted by atomic mass is 9.86. The van der Waals surface area contributed by atoms with E-state index in [1.807, 2.05) is 12.1 Å². The van der Waals surface area contributed by atoms with Gasteiger partial charge in [0.2, 0.25) is 0 Å². The van der Waals surface area contributed by atoms with Crippen molar-refractivity contribution in [3.8, 4) is 5.75 Å². The van der Waals surface area contributed by atoms with Gasteiger partial charge < -0.3 is 19.9 Å². The number of nitrogens with one attached hydrogen (secondary N) is 1. The molecular weight excluding hydrogens is 322 g/mol. The summed E-state index contributed by atoms with van der Waals surface area (Å²) in [5.41, 5.74) is 7.98.